The summed E-state index contributed by atoms with van der Waals surface area (Å²) in [5.41, 5.74) is 0. The number of carbonyl (C=O) groups is 1. The SMILES string of the molecule is O=C(COc1ccc(Cl)cc1)Nc1ccnn1Cc1cc(Br)cs1. The van der Waals surface area contributed by atoms with Crippen LogP contribution in [0.4, 0.5) is 5.82 Å². The molecule has 0 radical (unpaired) electrons. The Bertz CT molecular complexity index is 832. The minimum Gasteiger partial charge on any atom is -0.484 e. The van der Waals surface area contributed by atoms with Crippen molar-refractivity contribution < 1.29 is 9.53 Å². The predicted molar refractivity (Wildman–Crippen MR) is 98.9 cm³/mol. The summed E-state index contributed by atoms with van der Waals surface area (Å²) in [6.45, 7) is 0.508. The van der Waals surface area contributed by atoms with Crippen molar-refractivity contribution >= 4 is 50.6 Å². The Morgan fingerprint density at radius 3 is 2.83 bits per heavy atom. The van der Waals surface area contributed by atoms with Crippen molar-refractivity contribution in [3.63, 3.8) is 0 Å². The van der Waals surface area contributed by atoms with Crippen LogP contribution in [0, 0.1) is 0 Å². The molecule has 3 aromatic rings. The predicted octanol–water partition coefficient (Wildman–Crippen LogP) is 4.43. The van der Waals surface area contributed by atoms with E-state index in [1.807, 2.05) is 11.4 Å². The molecule has 0 spiro atoms. The monoisotopic (exact) mass is 425 g/mol. The standard InChI is InChI=1S/C16H13BrClN3O2S/c17-11-7-14(24-10-11)8-21-15(5-6-19-21)20-16(22)9-23-13-3-1-12(18)2-4-13/h1-7,10H,8-9H2,(H,20,22). The summed E-state index contributed by atoms with van der Waals surface area (Å²) in [5, 5.41) is 9.67. The van der Waals surface area contributed by atoms with E-state index in [0.717, 1.165) is 9.35 Å². The number of thiophene rings is 1. The molecular weight excluding hydrogens is 414 g/mol. The molecule has 0 aliphatic carbocycles. The number of ether oxygens (including phenoxy) is 1. The van der Waals surface area contributed by atoms with Crippen molar-refractivity contribution in [1.82, 2.24) is 9.78 Å². The molecule has 2 aromatic heterocycles. The summed E-state index contributed by atoms with van der Waals surface area (Å²) in [7, 11) is 0. The topological polar surface area (TPSA) is 56.1 Å². The van der Waals surface area contributed by atoms with E-state index in [9.17, 15) is 4.79 Å². The molecule has 124 valence electrons. The fraction of sp³-hybridized carbons (Fsp3) is 0.125. The van der Waals surface area contributed by atoms with E-state index in [1.54, 1.807) is 52.5 Å². The van der Waals surface area contributed by atoms with Crippen molar-refractivity contribution in [3.05, 3.63) is 62.3 Å². The average molecular weight is 427 g/mol. The number of aromatic nitrogens is 2. The van der Waals surface area contributed by atoms with Gasteiger partial charge >= 0.3 is 0 Å². The summed E-state index contributed by atoms with van der Waals surface area (Å²) in [6.07, 6.45) is 1.65. The molecule has 8 heteroatoms. The fourth-order valence-corrected chi connectivity index (χ4v) is 3.57. The van der Waals surface area contributed by atoms with Crippen molar-refractivity contribution in [2.45, 2.75) is 6.54 Å². The molecule has 0 unspecified atom stereocenters. The molecule has 0 aliphatic rings. The number of benzene rings is 1. The molecule has 24 heavy (non-hydrogen) atoms. The van der Waals surface area contributed by atoms with Crippen molar-refractivity contribution in [2.75, 3.05) is 11.9 Å². The minimum atomic E-state index is -0.251. The Labute approximate surface area is 156 Å². The van der Waals surface area contributed by atoms with Gasteiger partial charge in [0.15, 0.2) is 6.61 Å². The number of hydrogen-bond donors (Lipinski definition) is 1. The van der Waals surface area contributed by atoms with Crippen molar-refractivity contribution in [3.8, 4) is 5.75 Å². The van der Waals surface area contributed by atoms with Gasteiger partial charge in [0, 0.05) is 25.8 Å². The maximum absolute atomic E-state index is 12.1. The lowest BCUT2D eigenvalue weighted by molar-refractivity contribution is -0.118. The Kier molecular flexibility index (Phi) is 5.55. The third-order valence-corrected chi connectivity index (χ3v) is 5.03. The van der Waals surface area contributed by atoms with Crippen LogP contribution in [0.25, 0.3) is 0 Å². The number of rotatable bonds is 6. The zero-order chi connectivity index (χ0) is 16.9. The maximum Gasteiger partial charge on any atom is 0.263 e. The Morgan fingerprint density at radius 1 is 1.33 bits per heavy atom. The summed E-state index contributed by atoms with van der Waals surface area (Å²) < 4.78 is 8.20. The highest BCUT2D eigenvalue weighted by atomic mass is 79.9. The average Bonchev–Trinajstić information content (AvgIpc) is 3.16. The van der Waals surface area contributed by atoms with Crippen LogP contribution < -0.4 is 10.1 Å². The van der Waals surface area contributed by atoms with Gasteiger partial charge in [0.25, 0.3) is 5.91 Å². The van der Waals surface area contributed by atoms with Crippen LogP contribution in [0.3, 0.4) is 0 Å². The highest BCUT2D eigenvalue weighted by molar-refractivity contribution is 9.10. The van der Waals surface area contributed by atoms with Crippen LogP contribution in [0.5, 0.6) is 5.75 Å². The van der Waals surface area contributed by atoms with E-state index in [2.05, 4.69) is 26.3 Å². The van der Waals surface area contributed by atoms with Gasteiger partial charge in [-0.15, -0.1) is 11.3 Å². The Morgan fingerprint density at radius 2 is 2.12 bits per heavy atom. The van der Waals surface area contributed by atoms with Crippen molar-refractivity contribution in [1.29, 1.82) is 0 Å². The van der Waals surface area contributed by atoms with Gasteiger partial charge in [-0.05, 0) is 46.3 Å². The Balaban J connectivity index is 1.56. The van der Waals surface area contributed by atoms with Gasteiger partial charge in [0.05, 0.1) is 12.7 Å². The molecule has 0 aliphatic heterocycles. The second-order valence-corrected chi connectivity index (χ2v) is 7.24. The van der Waals surface area contributed by atoms with Crippen LogP contribution in [-0.2, 0) is 11.3 Å². The molecule has 2 heterocycles. The molecule has 5 nitrogen and oxygen atoms in total. The molecule has 0 fully saturated rings. The van der Waals surface area contributed by atoms with Crippen LogP contribution >= 0.6 is 38.9 Å². The highest BCUT2D eigenvalue weighted by Gasteiger charge is 2.09. The second-order valence-electron chi connectivity index (χ2n) is 4.90. The lowest BCUT2D eigenvalue weighted by Gasteiger charge is -2.09. The zero-order valence-electron chi connectivity index (χ0n) is 12.4. The number of nitrogens with one attached hydrogen (secondary N) is 1. The smallest absolute Gasteiger partial charge is 0.263 e. The molecule has 0 bridgehead atoms. The third-order valence-electron chi connectivity index (χ3n) is 3.09. The molecular formula is C16H13BrClN3O2S. The van der Waals surface area contributed by atoms with E-state index in [0.29, 0.717) is 23.1 Å². The molecule has 3 rings (SSSR count). The van der Waals surface area contributed by atoms with Gasteiger partial charge in [0.2, 0.25) is 0 Å². The summed E-state index contributed by atoms with van der Waals surface area (Å²) >= 11 is 10.9. The van der Waals surface area contributed by atoms with E-state index in [-0.39, 0.29) is 12.5 Å². The highest BCUT2D eigenvalue weighted by Crippen LogP contribution is 2.21. The normalized spacial score (nSPS) is 10.6. The number of hydrogen-bond acceptors (Lipinski definition) is 4. The lowest BCUT2D eigenvalue weighted by atomic mass is 10.3. The van der Waals surface area contributed by atoms with Gasteiger partial charge in [0.1, 0.15) is 11.6 Å². The molecule has 0 atom stereocenters. The van der Waals surface area contributed by atoms with Gasteiger partial charge < -0.3 is 10.1 Å². The van der Waals surface area contributed by atoms with Crippen LogP contribution in [0.1, 0.15) is 4.88 Å². The summed E-state index contributed by atoms with van der Waals surface area (Å²) in [4.78, 5) is 13.2. The van der Waals surface area contributed by atoms with Crippen LogP contribution in [0.15, 0.2) is 52.4 Å². The number of halogens is 2. The molecule has 1 aromatic carbocycles. The van der Waals surface area contributed by atoms with E-state index < -0.39 is 0 Å². The van der Waals surface area contributed by atoms with Crippen molar-refractivity contribution in [2.24, 2.45) is 0 Å². The van der Waals surface area contributed by atoms with Crippen LogP contribution in [0.2, 0.25) is 5.02 Å². The molecule has 1 N–H and O–H groups in total. The number of anilines is 1. The lowest BCUT2D eigenvalue weighted by Crippen LogP contribution is -2.22. The third kappa shape index (κ3) is 4.59. The summed E-state index contributed by atoms with van der Waals surface area (Å²) in [5.74, 6) is 0.967. The summed E-state index contributed by atoms with van der Waals surface area (Å²) in [6, 6.07) is 10.6. The maximum atomic E-state index is 12.1. The Hall–Kier alpha value is -1.83. The molecule has 0 saturated carbocycles. The molecule has 1 amide bonds. The van der Waals surface area contributed by atoms with Crippen LogP contribution in [-0.4, -0.2) is 22.3 Å². The fourth-order valence-electron chi connectivity index (χ4n) is 2.01. The largest absolute Gasteiger partial charge is 0.484 e. The first kappa shape index (κ1) is 17.0. The number of carbonyl (C=O) groups excluding carboxylic acids is 1. The minimum absolute atomic E-state index is 0.0859. The van der Waals surface area contributed by atoms with E-state index in [4.69, 9.17) is 16.3 Å². The van der Waals surface area contributed by atoms with E-state index >= 15 is 0 Å². The molecule has 0 saturated heterocycles. The number of amides is 1. The van der Waals surface area contributed by atoms with E-state index in [1.165, 1.54) is 0 Å². The first-order valence-corrected chi connectivity index (χ1v) is 9.08. The quantitative estimate of drug-likeness (QED) is 0.634. The first-order chi connectivity index (χ1) is 11.6. The van der Waals surface area contributed by atoms with Gasteiger partial charge in [-0.1, -0.05) is 11.6 Å². The zero-order valence-corrected chi connectivity index (χ0v) is 15.6. The van der Waals surface area contributed by atoms with Gasteiger partial charge in [-0.3, -0.25) is 4.79 Å². The second kappa shape index (κ2) is 7.83. The number of nitrogens with zero attached hydrogens (tertiary/aromatic N) is 2. The first-order valence-electron chi connectivity index (χ1n) is 7.03. The van der Waals surface area contributed by atoms with Gasteiger partial charge in [-0.25, -0.2) is 4.68 Å². The van der Waals surface area contributed by atoms with Gasteiger partial charge in [-0.2, -0.15) is 5.10 Å².